The minimum Gasteiger partial charge on any atom is -0.490 e. The third-order valence-corrected chi connectivity index (χ3v) is 4.11. The molecule has 1 N–H and O–H groups in total. The first kappa shape index (κ1) is 16.3. The van der Waals surface area contributed by atoms with E-state index < -0.39 is 0 Å². The fourth-order valence-corrected chi connectivity index (χ4v) is 2.82. The first-order valence-electron chi connectivity index (χ1n) is 7.59. The molecule has 5 heteroatoms. The molecule has 1 heterocycles. The highest BCUT2D eigenvalue weighted by atomic mass is 79.9. The summed E-state index contributed by atoms with van der Waals surface area (Å²) in [5.41, 5.74) is 4.39. The normalized spacial score (nSPS) is 10.6. The minimum absolute atomic E-state index is 0.125. The van der Waals surface area contributed by atoms with Gasteiger partial charge in [-0.15, -0.1) is 0 Å². The number of halogens is 1. The van der Waals surface area contributed by atoms with E-state index >= 15 is 0 Å². The molecule has 0 aliphatic heterocycles. The topological polar surface area (TPSA) is 61.7 Å². The summed E-state index contributed by atoms with van der Waals surface area (Å²) in [7, 11) is 0. The lowest BCUT2D eigenvalue weighted by Gasteiger charge is -2.11. The number of benzene rings is 2. The van der Waals surface area contributed by atoms with Gasteiger partial charge in [0.05, 0.1) is 33.6 Å². The third kappa shape index (κ3) is 3.50. The second kappa shape index (κ2) is 6.90. The van der Waals surface area contributed by atoms with E-state index in [1.807, 2.05) is 50.2 Å². The van der Waals surface area contributed by atoms with Gasteiger partial charge in [0, 0.05) is 5.56 Å². The summed E-state index contributed by atoms with van der Waals surface area (Å²) < 4.78 is 6.63. The zero-order valence-corrected chi connectivity index (χ0v) is 15.0. The van der Waals surface area contributed by atoms with E-state index in [0.29, 0.717) is 5.56 Å². The SMILES string of the molecule is CC(C)Oc1ccc(-c2cc(-c3ccc(C#N)cc3)[nH]n2)cc1Br. The third-order valence-electron chi connectivity index (χ3n) is 3.49. The Bertz CT molecular complexity index is 892. The smallest absolute Gasteiger partial charge is 0.133 e. The molecule has 0 unspecified atom stereocenters. The standard InChI is InChI=1S/C19H16BrN3O/c1-12(2)24-19-8-7-15(9-16(19)20)18-10-17(22-23-18)14-5-3-13(11-21)4-6-14/h3-10,12H,1-2H3,(H,22,23). The fourth-order valence-electron chi connectivity index (χ4n) is 2.35. The molecular weight excluding hydrogens is 366 g/mol. The molecule has 0 radical (unpaired) electrons. The van der Waals surface area contributed by atoms with Crippen LogP contribution in [-0.2, 0) is 0 Å². The predicted molar refractivity (Wildman–Crippen MR) is 97.6 cm³/mol. The van der Waals surface area contributed by atoms with Gasteiger partial charge in [-0.25, -0.2) is 0 Å². The second-order valence-corrected chi connectivity index (χ2v) is 6.52. The van der Waals surface area contributed by atoms with Crippen LogP contribution in [0.25, 0.3) is 22.5 Å². The van der Waals surface area contributed by atoms with Crippen molar-refractivity contribution in [3.63, 3.8) is 0 Å². The van der Waals surface area contributed by atoms with Crippen LogP contribution in [-0.4, -0.2) is 16.3 Å². The Balaban J connectivity index is 1.87. The molecule has 120 valence electrons. The summed E-state index contributed by atoms with van der Waals surface area (Å²) in [5, 5.41) is 16.3. The maximum Gasteiger partial charge on any atom is 0.133 e. The number of hydrogen-bond donors (Lipinski definition) is 1. The van der Waals surface area contributed by atoms with Crippen LogP contribution in [0.2, 0.25) is 0 Å². The zero-order chi connectivity index (χ0) is 17.1. The molecule has 24 heavy (non-hydrogen) atoms. The van der Waals surface area contributed by atoms with E-state index in [-0.39, 0.29) is 6.10 Å². The van der Waals surface area contributed by atoms with Crippen LogP contribution in [0.5, 0.6) is 5.75 Å². The quantitative estimate of drug-likeness (QED) is 0.678. The molecule has 0 bridgehead atoms. The summed E-state index contributed by atoms with van der Waals surface area (Å²) >= 11 is 3.55. The molecule has 0 aliphatic carbocycles. The Kier molecular flexibility index (Phi) is 4.68. The Hall–Kier alpha value is -2.58. The van der Waals surface area contributed by atoms with Crippen molar-refractivity contribution in [3.05, 3.63) is 58.6 Å². The minimum atomic E-state index is 0.125. The Morgan fingerprint density at radius 1 is 1.08 bits per heavy atom. The number of ether oxygens (including phenoxy) is 1. The summed E-state index contributed by atoms with van der Waals surface area (Å²) in [5.74, 6) is 0.816. The van der Waals surface area contributed by atoms with Gasteiger partial charge in [0.1, 0.15) is 5.75 Å². The maximum absolute atomic E-state index is 8.87. The van der Waals surface area contributed by atoms with Gasteiger partial charge in [-0.3, -0.25) is 5.10 Å². The Morgan fingerprint density at radius 2 is 1.79 bits per heavy atom. The molecule has 0 aliphatic rings. The lowest BCUT2D eigenvalue weighted by molar-refractivity contribution is 0.241. The van der Waals surface area contributed by atoms with Crippen LogP contribution >= 0.6 is 15.9 Å². The number of H-pyrrole nitrogens is 1. The van der Waals surface area contributed by atoms with Crippen molar-refractivity contribution >= 4 is 15.9 Å². The van der Waals surface area contributed by atoms with Gasteiger partial charge < -0.3 is 4.74 Å². The highest BCUT2D eigenvalue weighted by Gasteiger charge is 2.09. The molecule has 0 saturated heterocycles. The molecule has 4 nitrogen and oxygen atoms in total. The van der Waals surface area contributed by atoms with Crippen molar-refractivity contribution in [1.29, 1.82) is 5.26 Å². The highest BCUT2D eigenvalue weighted by molar-refractivity contribution is 9.10. The van der Waals surface area contributed by atoms with Crippen LogP contribution < -0.4 is 4.74 Å². The van der Waals surface area contributed by atoms with E-state index in [1.54, 1.807) is 12.1 Å². The van der Waals surface area contributed by atoms with E-state index in [0.717, 1.165) is 32.7 Å². The lowest BCUT2D eigenvalue weighted by Crippen LogP contribution is -2.05. The zero-order valence-electron chi connectivity index (χ0n) is 13.4. The molecule has 0 fully saturated rings. The first-order valence-corrected chi connectivity index (χ1v) is 8.38. The van der Waals surface area contributed by atoms with Gasteiger partial charge in [0.25, 0.3) is 0 Å². The van der Waals surface area contributed by atoms with Crippen LogP contribution in [0.4, 0.5) is 0 Å². The molecule has 0 spiro atoms. The molecular formula is C19H16BrN3O. The number of aromatic amines is 1. The number of rotatable bonds is 4. The molecule has 3 rings (SSSR count). The largest absolute Gasteiger partial charge is 0.490 e. The predicted octanol–water partition coefficient (Wildman–Crippen LogP) is 5.17. The van der Waals surface area contributed by atoms with E-state index in [2.05, 4.69) is 32.2 Å². The fraction of sp³-hybridized carbons (Fsp3) is 0.158. The van der Waals surface area contributed by atoms with Gasteiger partial charge in [-0.1, -0.05) is 12.1 Å². The van der Waals surface area contributed by atoms with E-state index in [9.17, 15) is 0 Å². The van der Waals surface area contributed by atoms with Crippen molar-refractivity contribution in [2.75, 3.05) is 0 Å². The van der Waals surface area contributed by atoms with Gasteiger partial charge in [-0.05, 0) is 71.7 Å². The van der Waals surface area contributed by atoms with Crippen molar-refractivity contribution in [1.82, 2.24) is 10.2 Å². The van der Waals surface area contributed by atoms with Gasteiger partial charge >= 0.3 is 0 Å². The molecule has 0 amide bonds. The summed E-state index contributed by atoms with van der Waals surface area (Å²) in [6.45, 7) is 4.00. The maximum atomic E-state index is 8.87. The molecule has 0 atom stereocenters. The van der Waals surface area contributed by atoms with E-state index in [1.165, 1.54) is 0 Å². The summed E-state index contributed by atoms with van der Waals surface area (Å²) in [6, 6.07) is 17.4. The first-order chi connectivity index (χ1) is 11.6. The van der Waals surface area contributed by atoms with Crippen LogP contribution in [0, 0.1) is 11.3 Å². The molecule has 2 aromatic carbocycles. The molecule has 1 aromatic heterocycles. The van der Waals surface area contributed by atoms with Crippen LogP contribution in [0.1, 0.15) is 19.4 Å². The van der Waals surface area contributed by atoms with Gasteiger partial charge in [-0.2, -0.15) is 10.4 Å². The van der Waals surface area contributed by atoms with Crippen molar-refractivity contribution in [2.24, 2.45) is 0 Å². The average Bonchev–Trinajstić information content (AvgIpc) is 3.06. The molecule has 3 aromatic rings. The lowest BCUT2D eigenvalue weighted by atomic mass is 10.1. The van der Waals surface area contributed by atoms with Crippen molar-refractivity contribution < 1.29 is 4.74 Å². The highest BCUT2D eigenvalue weighted by Crippen LogP contribution is 2.32. The number of aromatic nitrogens is 2. The molecule has 0 saturated carbocycles. The summed E-state index contributed by atoms with van der Waals surface area (Å²) in [4.78, 5) is 0. The summed E-state index contributed by atoms with van der Waals surface area (Å²) in [6.07, 6.45) is 0.125. The van der Waals surface area contributed by atoms with Gasteiger partial charge in [0.15, 0.2) is 0 Å². The van der Waals surface area contributed by atoms with Crippen LogP contribution in [0.15, 0.2) is 53.0 Å². The number of hydrogen-bond acceptors (Lipinski definition) is 3. The van der Waals surface area contributed by atoms with Gasteiger partial charge in [0.2, 0.25) is 0 Å². The van der Waals surface area contributed by atoms with Crippen LogP contribution in [0.3, 0.4) is 0 Å². The number of nitriles is 1. The van der Waals surface area contributed by atoms with E-state index in [4.69, 9.17) is 10.00 Å². The number of nitrogens with one attached hydrogen (secondary N) is 1. The number of nitrogens with zero attached hydrogens (tertiary/aromatic N) is 2. The van der Waals surface area contributed by atoms with Crippen molar-refractivity contribution in [2.45, 2.75) is 20.0 Å². The monoisotopic (exact) mass is 381 g/mol. The van der Waals surface area contributed by atoms with Crippen molar-refractivity contribution in [3.8, 4) is 34.3 Å². The second-order valence-electron chi connectivity index (χ2n) is 5.67. The Morgan fingerprint density at radius 3 is 2.42 bits per heavy atom. The Labute approximate surface area is 149 Å². The average molecular weight is 382 g/mol.